The Morgan fingerprint density at radius 1 is 1.60 bits per heavy atom. The zero-order chi connectivity index (χ0) is 11.3. The lowest BCUT2D eigenvalue weighted by atomic mass is 10.1. The summed E-state index contributed by atoms with van der Waals surface area (Å²) in [5.41, 5.74) is 1.82. The number of benzene rings is 1. The maximum atomic E-state index is 11.5. The molecular formula is C11H12N2O2. The van der Waals surface area contributed by atoms with Crippen LogP contribution >= 0.6 is 0 Å². The lowest BCUT2D eigenvalue weighted by Crippen LogP contribution is -2.26. The van der Waals surface area contributed by atoms with E-state index in [4.69, 9.17) is 10.4 Å². The Balaban J connectivity index is 2.87. The van der Waals surface area contributed by atoms with E-state index < -0.39 is 0 Å². The number of hydrogen-bond acceptors (Lipinski definition) is 3. The van der Waals surface area contributed by atoms with Crippen LogP contribution in [0.4, 0.5) is 0 Å². The summed E-state index contributed by atoms with van der Waals surface area (Å²) in [6.07, 6.45) is 0. The third-order valence-electron chi connectivity index (χ3n) is 2.00. The molecule has 2 N–H and O–H groups in total. The SMILES string of the molecule is Cc1cc(C#N)ccc1C(=O)NCCO. The van der Waals surface area contributed by atoms with Crippen LogP contribution in [0, 0.1) is 18.3 Å². The third-order valence-corrected chi connectivity index (χ3v) is 2.00. The van der Waals surface area contributed by atoms with Crippen LogP contribution in [0.3, 0.4) is 0 Å². The van der Waals surface area contributed by atoms with Gasteiger partial charge in [0.15, 0.2) is 0 Å². The molecule has 1 aromatic carbocycles. The number of nitriles is 1. The summed E-state index contributed by atoms with van der Waals surface area (Å²) in [5, 5.41) is 19.8. The lowest BCUT2D eigenvalue weighted by molar-refractivity contribution is 0.0944. The number of aryl methyl sites for hydroxylation is 1. The van der Waals surface area contributed by atoms with E-state index in [1.54, 1.807) is 25.1 Å². The smallest absolute Gasteiger partial charge is 0.251 e. The molecule has 0 saturated heterocycles. The molecule has 0 atom stereocenters. The lowest BCUT2D eigenvalue weighted by Gasteiger charge is -2.06. The zero-order valence-corrected chi connectivity index (χ0v) is 8.45. The quantitative estimate of drug-likeness (QED) is 0.756. The molecule has 78 valence electrons. The van der Waals surface area contributed by atoms with Gasteiger partial charge < -0.3 is 10.4 Å². The van der Waals surface area contributed by atoms with Gasteiger partial charge in [-0.2, -0.15) is 5.26 Å². The molecule has 0 aliphatic carbocycles. The van der Waals surface area contributed by atoms with Gasteiger partial charge in [-0.1, -0.05) is 0 Å². The van der Waals surface area contributed by atoms with Crippen molar-refractivity contribution in [1.29, 1.82) is 5.26 Å². The average molecular weight is 204 g/mol. The van der Waals surface area contributed by atoms with Gasteiger partial charge in [-0.15, -0.1) is 0 Å². The molecule has 0 saturated carbocycles. The summed E-state index contributed by atoms with van der Waals surface area (Å²) in [4.78, 5) is 11.5. The normalized spacial score (nSPS) is 9.40. The van der Waals surface area contributed by atoms with Crippen LogP contribution in [0.15, 0.2) is 18.2 Å². The van der Waals surface area contributed by atoms with Crippen molar-refractivity contribution in [2.24, 2.45) is 0 Å². The van der Waals surface area contributed by atoms with Crippen LogP contribution in [0.5, 0.6) is 0 Å². The van der Waals surface area contributed by atoms with Crippen molar-refractivity contribution in [3.05, 3.63) is 34.9 Å². The molecule has 0 radical (unpaired) electrons. The maximum Gasteiger partial charge on any atom is 0.251 e. The van der Waals surface area contributed by atoms with Gasteiger partial charge in [0, 0.05) is 12.1 Å². The van der Waals surface area contributed by atoms with Crippen molar-refractivity contribution in [3.63, 3.8) is 0 Å². The van der Waals surface area contributed by atoms with Crippen LogP contribution in [0.1, 0.15) is 21.5 Å². The Morgan fingerprint density at radius 3 is 2.87 bits per heavy atom. The number of carbonyl (C=O) groups is 1. The Kier molecular flexibility index (Phi) is 3.83. The maximum absolute atomic E-state index is 11.5. The number of amides is 1. The molecule has 15 heavy (non-hydrogen) atoms. The highest BCUT2D eigenvalue weighted by molar-refractivity contribution is 5.95. The summed E-state index contributed by atoms with van der Waals surface area (Å²) in [6.45, 7) is 1.92. The number of carbonyl (C=O) groups excluding carboxylic acids is 1. The first-order valence-corrected chi connectivity index (χ1v) is 4.59. The molecule has 4 heteroatoms. The minimum Gasteiger partial charge on any atom is -0.395 e. The highest BCUT2D eigenvalue weighted by Crippen LogP contribution is 2.10. The van der Waals surface area contributed by atoms with E-state index in [0.717, 1.165) is 5.56 Å². The standard InChI is InChI=1S/C11H12N2O2/c1-8-6-9(7-12)2-3-10(8)11(15)13-4-5-14/h2-3,6,14H,4-5H2,1H3,(H,13,15). The molecule has 1 aromatic rings. The monoisotopic (exact) mass is 204 g/mol. The predicted octanol–water partition coefficient (Wildman–Crippen LogP) is 0.589. The van der Waals surface area contributed by atoms with Crippen molar-refractivity contribution in [1.82, 2.24) is 5.32 Å². The summed E-state index contributed by atoms with van der Waals surface area (Å²) < 4.78 is 0. The summed E-state index contributed by atoms with van der Waals surface area (Å²) in [7, 11) is 0. The van der Waals surface area contributed by atoms with Gasteiger partial charge >= 0.3 is 0 Å². The van der Waals surface area contributed by atoms with Crippen LogP contribution in [0.25, 0.3) is 0 Å². The van der Waals surface area contributed by atoms with Crippen molar-refractivity contribution >= 4 is 5.91 Å². The van der Waals surface area contributed by atoms with Crippen LogP contribution in [-0.4, -0.2) is 24.2 Å². The molecule has 0 aliphatic heterocycles. The van der Waals surface area contributed by atoms with E-state index >= 15 is 0 Å². The second-order valence-electron chi connectivity index (χ2n) is 3.12. The molecule has 0 unspecified atom stereocenters. The first-order valence-electron chi connectivity index (χ1n) is 4.59. The first-order chi connectivity index (χ1) is 7.19. The summed E-state index contributed by atoms with van der Waals surface area (Å²) >= 11 is 0. The zero-order valence-electron chi connectivity index (χ0n) is 8.45. The summed E-state index contributed by atoms with van der Waals surface area (Å²) in [6, 6.07) is 6.88. The number of hydrogen-bond donors (Lipinski definition) is 2. The van der Waals surface area contributed by atoms with Gasteiger partial charge in [-0.05, 0) is 30.7 Å². The molecule has 0 spiro atoms. The topological polar surface area (TPSA) is 73.1 Å². The Bertz CT molecular complexity index is 408. The predicted molar refractivity (Wildman–Crippen MR) is 55.3 cm³/mol. The van der Waals surface area contributed by atoms with E-state index in [0.29, 0.717) is 11.1 Å². The fourth-order valence-corrected chi connectivity index (χ4v) is 1.25. The van der Waals surface area contributed by atoms with Gasteiger partial charge in [0.2, 0.25) is 0 Å². The van der Waals surface area contributed by atoms with Gasteiger partial charge in [0.1, 0.15) is 0 Å². The van der Waals surface area contributed by atoms with Gasteiger partial charge in [-0.25, -0.2) is 0 Å². The van der Waals surface area contributed by atoms with Gasteiger partial charge in [0.05, 0.1) is 18.2 Å². The van der Waals surface area contributed by atoms with Crippen LogP contribution in [-0.2, 0) is 0 Å². The van der Waals surface area contributed by atoms with Gasteiger partial charge in [0.25, 0.3) is 5.91 Å². The molecule has 1 rings (SSSR count). The summed E-state index contributed by atoms with van der Waals surface area (Å²) in [5.74, 6) is -0.231. The fourth-order valence-electron chi connectivity index (χ4n) is 1.25. The molecule has 0 aliphatic rings. The Hall–Kier alpha value is -1.86. The van der Waals surface area contributed by atoms with E-state index in [-0.39, 0.29) is 19.1 Å². The van der Waals surface area contributed by atoms with E-state index in [1.165, 1.54) is 0 Å². The second kappa shape index (κ2) is 5.13. The minimum absolute atomic E-state index is 0.0823. The van der Waals surface area contributed by atoms with Gasteiger partial charge in [-0.3, -0.25) is 4.79 Å². The van der Waals surface area contributed by atoms with E-state index in [2.05, 4.69) is 5.32 Å². The Morgan fingerprint density at radius 2 is 2.33 bits per heavy atom. The minimum atomic E-state index is -0.231. The van der Waals surface area contributed by atoms with Crippen LogP contribution in [0.2, 0.25) is 0 Å². The first kappa shape index (κ1) is 11.2. The van der Waals surface area contributed by atoms with Crippen molar-refractivity contribution < 1.29 is 9.90 Å². The number of aliphatic hydroxyl groups excluding tert-OH is 1. The molecule has 0 aromatic heterocycles. The Labute approximate surface area is 88.2 Å². The third kappa shape index (κ3) is 2.79. The largest absolute Gasteiger partial charge is 0.395 e. The highest BCUT2D eigenvalue weighted by atomic mass is 16.3. The fraction of sp³-hybridized carbons (Fsp3) is 0.273. The number of nitrogens with one attached hydrogen (secondary N) is 1. The second-order valence-corrected chi connectivity index (χ2v) is 3.12. The highest BCUT2D eigenvalue weighted by Gasteiger charge is 2.08. The number of nitrogens with zero attached hydrogens (tertiary/aromatic N) is 1. The molecule has 1 amide bonds. The molecule has 0 fully saturated rings. The molecule has 0 bridgehead atoms. The van der Waals surface area contributed by atoms with Crippen molar-refractivity contribution in [2.45, 2.75) is 6.92 Å². The number of rotatable bonds is 3. The number of aliphatic hydroxyl groups is 1. The molecule has 0 heterocycles. The average Bonchev–Trinajstić information content (AvgIpc) is 2.25. The molecular weight excluding hydrogens is 192 g/mol. The molecule has 4 nitrogen and oxygen atoms in total. The van der Waals surface area contributed by atoms with E-state index in [1.807, 2.05) is 6.07 Å². The van der Waals surface area contributed by atoms with Crippen molar-refractivity contribution in [2.75, 3.05) is 13.2 Å². The van der Waals surface area contributed by atoms with E-state index in [9.17, 15) is 4.79 Å². The van der Waals surface area contributed by atoms with Crippen molar-refractivity contribution in [3.8, 4) is 6.07 Å². The van der Waals surface area contributed by atoms with Crippen LogP contribution < -0.4 is 5.32 Å².